The molecule has 0 atom stereocenters. The SMILES string of the molecule is Cc1ccn(Cc2n[nH]c(=S)n2-c2cnn(Cc3ccc(Cl)cc3Cl)c2)n1. The van der Waals surface area contributed by atoms with Crippen molar-refractivity contribution in [2.24, 2.45) is 0 Å². The van der Waals surface area contributed by atoms with Gasteiger partial charge in [0.25, 0.3) is 0 Å². The van der Waals surface area contributed by atoms with Crippen molar-refractivity contribution in [2.75, 3.05) is 0 Å². The fourth-order valence-electron chi connectivity index (χ4n) is 2.78. The topological polar surface area (TPSA) is 69.2 Å². The van der Waals surface area contributed by atoms with Gasteiger partial charge in [-0.3, -0.25) is 19.0 Å². The Morgan fingerprint density at radius 1 is 1.15 bits per heavy atom. The minimum atomic E-state index is 0.495. The van der Waals surface area contributed by atoms with Crippen LogP contribution in [-0.4, -0.2) is 34.3 Å². The molecule has 4 aromatic rings. The fraction of sp³-hybridized carbons (Fsp3) is 0.176. The molecule has 0 radical (unpaired) electrons. The number of H-pyrrole nitrogens is 1. The molecular formula is C17H15Cl2N7S. The van der Waals surface area contributed by atoms with Crippen LogP contribution in [-0.2, 0) is 13.1 Å². The van der Waals surface area contributed by atoms with E-state index in [2.05, 4.69) is 20.4 Å². The Bertz CT molecular complexity index is 1150. The molecular weight excluding hydrogens is 405 g/mol. The minimum absolute atomic E-state index is 0.495. The monoisotopic (exact) mass is 419 g/mol. The molecule has 10 heteroatoms. The van der Waals surface area contributed by atoms with Crippen LogP contribution in [0.5, 0.6) is 0 Å². The van der Waals surface area contributed by atoms with Crippen LogP contribution in [0.4, 0.5) is 0 Å². The van der Waals surface area contributed by atoms with Gasteiger partial charge >= 0.3 is 0 Å². The first-order valence-corrected chi connectivity index (χ1v) is 9.29. The Labute approximate surface area is 170 Å². The summed E-state index contributed by atoms with van der Waals surface area (Å²) in [7, 11) is 0. The van der Waals surface area contributed by atoms with Gasteiger partial charge in [-0.05, 0) is 42.9 Å². The van der Waals surface area contributed by atoms with Crippen molar-refractivity contribution >= 4 is 35.4 Å². The van der Waals surface area contributed by atoms with Crippen molar-refractivity contribution in [3.05, 3.63) is 74.8 Å². The molecule has 0 unspecified atom stereocenters. The molecule has 3 heterocycles. The summed E-state index contributed by atoms with van der Waals surface area (Å²) in [4.78, 5) is 0. The fourth-order valence-corrected chi connectivity index (χ4v) is 3.50. The Balaban J connectivity index is 1.61. The lowest BCUT2D eigenvalue weighted by molar-refractivity contribution is 0.638. The van der Waals surface area contributed by atoms with Crippen molar-refractivity contribution in [1.29, 1.82) is 0 Å². The lowest BCUT2D eigenvalue weighted by atomic mass is 10.2. The van der Waals surface area contributed by atoms with Crippen molar-refractivity contribution in [2.45, 2.75) is 20.0 Å². The number of nitrogens with one attached hydrogen (secondary N) is 1. The number of aromatic amines is 1. The molecule has 1 aromatic carbocycles. The second-order valence-electron chi connectivity index (χ2n) is 6.07. The van der Waals surface area contributed by atoms with Crippen LogP contribution < -0.4 is 0 Å². The maximum absolute atomic E-state index is 6.26. The highest BCUT2D eigenvalue weighted by atomic mass is 35.5. The Kier molecular flexibility index (Phi) is 4.86. The number of halogens is 2. The molecule has 0 bridgehead atoms. The molecule has 0 spiro atoms. The Morgan fingerprint density at radius 3 is 2.74 bits per heavy atom. The number of aryl methyl sites for hydroxylation is 1. The highest BCUT2D eigenvalue weighted by Crippen LogP contribution is 2.22. The standard InChI is InChI=1S/C17H15Cl2N7S/c1-11-4-5-24(23-11)10-16-21-22-17(27)26(16)14-7-20-25(9-14)8-12-2-3-13(18)6-15(12)19/h2-7,9H,8,10H2,1H3,(H,22,27). The number of rotatable bonds is 5. The molecule has 0 saturated heterocycles. The summed E-state index contributed by atoms with van der Waals surface area (Å²) in [5.41, 5.74) is 2.69. The minimum Gasteiger partial charge on any atom is -0.267 e. The van der Waals surface area contributed by atoms with Crippen LogP contribution >= 0.6 is 35.4 Å². The molecule has 0 saturated carbocycles. The summed E-state index contributed by atoms with van der Waals surface area (Å²) < 4.78 is 5.95. The van der Waals surface area contributed by atoms with Crippen LogP contribution in [0.25, 0.3) is 5.69 Å². The largest absolute Gasteiger partial charge is 0.267 e. The van der Waals surface area contributed by atoms with E-state index in [0.717, 1.165) is 22.8 Å². The zero-order chi connectivity index (χ0) is 19.0. The second kappa shape index (κ2) is 7.30. The molecule has 7 nitrogen and oxygen atoms in total. The van der Waals surface area contributed by atoms with Crippen LogP contribution in [0.2, 0.25) is 10.0 Å². The van der Waals surface area contributed by atoms with Gasteiger partial charge in [-0.2, -0.15) is 15.3 Å². The van der Waals surface area contributed by atoms with E-state index >= 15 is 0 Å². The summed E-state index contributed by atoms with van der Waals surface area (Å²) in [5.74, 6) is 0.743. The van der Waals surface area contributed by atoms with E-state index < -0.39 is 0 Å². The van der Waals surface area contributed by atoms with Crippen LogP contribution in [0, 0.1) is 11.7 Å². The van der Waals surface area contributed by atoms with Crippen LogP contribution in [0.1, 0.15) is 17.1 Å². The normalized spacial score (nSPS) is 11.2. The first kappa shape index (κ1) is 18.0. The molecule has 0 aliphatic carbocycles. The molecule has 0 aliphatic heterocycles. The summed E-state index contributed by atoms with van der Waals surface area (Å²) in [5, 5.41) is 17.2. The highest BCUT2D eigenvalue weighted by Gasteiger charge is 2.12. The Morgan fingerprint density at radius 2 is 2.00 bits per heavy atom. The van der Waals surface area contributed by atoms with E-state index in [1.54, 1.807) is 16.9 Å². The van der Waals surface area contributed by atoms with E-state index in [1.807, 2.05) is 46.8 Å². The van der Waals surface area contributed by atoms with Gasteiger partial charge in [0.2, 0.25) is 0 Å². The van der Waals surface area contributed by atoms with Gasteiger partial charge in [0.1, 0.15) is 6.54 Å². The van der Waals surface area contributed by atoms with Crippen molar-refractivity contribution in [3.63, 3.8) is 0 Å². The van der Waals surface area contributed by atoms with Gasteiger partial charge in [-0.15, -0.1) is 0 Å². The quantitative estimate of drug-likeness (QED) is 0.495. The van der Waals surface area contributed by atoms with E-state index in [1.165, 1.54) is 0 Å². The lowest BCUT2D eigenvalue weighted by Crippen LogP contribution is -2.08. The second-order valence-corrected chi connectivity index (χ2v) is 7.30. The maximum atomic E-state index is 6.26. The Hall–Kier alpha value is -2.42. The predicted octanol–water partition coefficient (Wildman–Crippen LogP) is 4.03. The number of aromatic nitrogens is 7. The zero-order valence-electron chi connectivity index (χ0n) is 14.3. The average molecular weight is 420 g/mol. The number of nitrogens with zero attached hydrogens (tertiary/aromatic N) is 6. The van der Waals surface area contributed by atoms with Gasteiger partial charge in [0, 0.05) is 22.4 Å². The number of hydrogen-bond acceptors (Lipinski definition) is 4. The van der Waals surface area contributed by atoms with Gasteiger partial charge in [0.15, 0.2) is 10.6 Å². The molecule has 0 aliphatic rings. The zero-order valence-corrected chi connectivity index (χ0v) is 16.6. The molecule has 4 rings (SSSR count). The van der Waals surface area contributed by atoms with Crippen molar-refractivity contribution in [1.82, 2.24) is 34.3 Å². The van der Waals surface area contributed by atoms with Gasteiger partial charge < -0.3 is 0 Å². The van der Waals surface area contributed by atoms with Crippen molar-refractivity contribution in [3.8, 4) is 5.69 Å². The molecule has 0 fully saturated rings. The predicted molar refractivity (Wildman–Crippen MR) is 106 cm³/mol. The molecule has 27 heavy (non-hydrogen) atoms. The maximum Gasteiger partial charge on any atom is 0.200 e. The van der Waals surface area contributed by atoms with E-state index in [-0.39, 0.29) is 0 Å². The van der Waals surface area contributed by atoms with Crippen molar-refractivity contribution < 1.29 is 0 Å². The molecule has 3 aromatic heterocycles. The lowest BCUT2D eigenvalue weighted by Gasteiger charge is -2.06. The van der Waals surface area contributed by atoms with Gasteiger partial charge in [-0.1, -0.05) is 29.3 Å². The molecule has 138 valence electrons. The van der Waals surface area contributed by atoms with Crippen LogP contribution in [0.15, 0.2) is 42.9 Å². The van der Waals surface area contributed by atoms with E-state index in [4.69, 9.17) is 35.4 Å². The van der Waals surface area contributed by atoms with Gasteiger partial charge in [-0.25, -0.2) is 0 Å². The molecule has 0 amide bonds. The number of hydrogen-bond donors (Lipinski definition) is 1. The average Bonchev–Trinajstić information content (AvgIpc) is 3.32. The van der Waals surface area contributed by atoms with Crippen LogP contribution in [0.3, 0.4) is 0 Å². The van der Waals surface area contributed by atoms with E-state index in [0.29, 0.717) is 27.9 Å². The number of benzene rings is 1. The first-order chi connectivity index (χ1) is 13.0. The smallest absolute Gasteiger partial charge is 0.200 e. The van der Waals surface area contributed by atoms with Gasteiger partial charge in [0.05, 0.1) is 24.1 Å². The summed E-state index contributed by atoms with van der Waals surface area (Å²) in [6, 6.07) is 7.36. The molecule has 1 N–H and O–H groups in total. The summed E-state index contributed by atoms with van der Waals surface area (Å²) in [6.07, 6.45) is 5.55. The third-order valence-corrected chi connectivity index (χ3v) is 4.91. The first-order valence-electron chi connectivity index (χ1n) is 8.13. The van der Waals surface area contributed by atoms with E-state index in [9.17, 15) is 0 Å². The highest BCUT2D eigenvalue weighted by molar-refractivity contribution is 7.71. The third-order valence-electron chi connectivity index (χ3n) is 4.04. The summed E-state index contributed by atoms with van der Waals surface area (Å²) >= 11 is 17.6. The third kappa shape index (κ3) is 3.83. The summed E-state index contributed by atoms with van der Waals surface area (Å²) in [6.45, 7) is 2.96.